The Balaban J connectivity index is 2.38. The zero-order valence-corrected chi connectivity index (χ0v) is 8.85. The van der Waals surface area contributed by atoms with Gasteiger partial charge in [-0.25, -0.2) is 4.98 Å². The lowest BCUT2D eigenvalue weighted by molar-refractivity contribution is 0.686. The molecule has 1 heterocycles. The molecule has 0 spiro atoms. The van der Waals surface area contributed by atoms with Gasteiger partial charge in [0.1, 0.15) is 11.5 Å². The molecule has 2 aromatic rings. The van der Waals surface area contributed by atoms with Crippen LogP contribution in [-0.4, -0.2) is 9.55 Å². The van der Waals surface area contributed by atoms with Crippen molar-refractivity contribution in [2.75, 3.05) is 5.73 Å². The Labute approximate surface area is 89.6 Å². The maximum atomic E-state index is 6.02. The van der Waals surface area contributed by atoms with Crippen molar-refractivity contribution in [2.24, 2.45) is 0 Å². The van der Waals surface area contributed by atoms with Crippen molar-refractivity contribution < 1.29 is 0 Å². The Kier molecular flexibility index (Phi) is 2.72. The molecule has 0 unspecified atom stereocenters. The molecule has 0 bridgehead atoms. The highest BCUT2D eigenvalue weighted by molar-refractivity contribution is 5.70. The van der Waals surface area contributed by atoms with Crippen LogP contribution in [0.1, 0.15) is 13.3 Å². The molecule has 0 atom stereocenters. The SMILES string of the molecule is CCCn1cnc(-c2ccccc2)c1N. The topological polar surface area (TPSA) is 43.8 Å². The van der Waals surface area contributed by atoms with Crippen LogP contribution in [0.2, 0.25) is 0 Å². The fourth-order valence-corrected chi connectivity index (χ4v) is 1.63. The number of aryl methyl sites for hydroxylation is 1. The molecular formula is C12H15N3. The third kappa shape index (κ3) is 1.86. The van der Waals surface area contributed by atoms with Crippen LogP contribution >= 0.6 is 0 Å². The minimum absolute atomic E-state index is 0.753. The van der Waals surface area contributed by atoms with Gasteiger partial charge in [0.25, 0.3) is 0 Å². The number of benzene rings is 1. The highest BCUT2D eigenvalue weighted by Crippen LogP contribution is 2.23. The van der Waals surface area contributed by atoms with Gasteiger partial charge in [0.05, 0.1) is 6.33 Å². The van der Waals surface area contributed by atoms with Crippen molar-refractivity contribution in [1.82, 2.24) is 9.55 Å². The lowest BCUT2D eigenvalue weighted by Gasteiger charge is -2.03. The molecule has 3 nitrogen and oxygen atoms in total. The van der Waals surface area contributed by atoms with E-state index >= 15 is 0 Å². The second-order valence-electron chi connectivity index (χ2n) is 3.54. The summed E-state index contributed by atoms with van der Waals surface area (Å²) in [5.41, 5.74) is 7.97. The normalized spacial score (nSPS) is 10.5. The Morgan fingerprint density at radius 2 is 2.00 bits per heavy atom. The minimum Gasteiger partial charge on any atom is -0.383 e. The van der Waals surface area contributed by atoms with Crippen LogP contribution in [0.4, 0.5) is 5.82 Å². The summed E-state index contributed by atoms with van der Waals surface area (Å²) in [6, 6.07) is 10.0. The predicted molar refractivity (Wildman–Crippen MR) is 62.4 cm³/mol. The highest BCUT2D eigenvalue weighted by atomic mass is 15.1. The van der Waals surface area contributed by atoms with Crippen molar-refractivity contribution in [2.45, 2.75) is 19.9 Å². The van der Waals surface area contributed by atoms with Gasteiger partial charge in [-0.3, -0.25) is 0 Å². The van der Waals surface area contributed by atoms with E-state index in [2.05, 4.69) is 11.9 Å². The smallest absolute Gasteiger partial charge is 0.131 e. The largest absolute Gasteiger partial charge is 0.383 e. The number of aromatic nitrogens is 2. The molecule has 1 aromatic carbocycles. The molecule has 0 saturated heterocycles. The zero-order valence-electron chi connectivity index (χ0n) is 8.85. The molecule has 3 heteroatoms. The Hall–Kier alpha value is -1.77. The number of nitrogen functional groups attached to an aromatic ring is 1. The van der Waals surface area contributed by atoms with E-state index in [1.165, 1.54) is 0 Å². The summed E-state index contributed by atoms with van der Waals surface area (Å²) in [4.78, 5) is 4.34. The summed E-state index contributed by atoms with van der Waals surface area (Å²) in [5, 5.41) is 0. The highest BCUT2D eigenvalue weighted by Gasteiger charge is 2.08. The van der Waals surface area contributed by atoms with Crippen LogP contribution in [0.25, 0.3) is 11.3 Å². The van der Waals surface area contributed by atoms with E-state index in [9.17, 15) is 0 Å². The number of imidazole rings is 1. The Bertz CT molecular complexity index is 431. The summed E-state index contributed by atoms with van der Waals surface area (Å²) >= 11 is 0. The average Bonchev–Trinajstić information content (AvgIpc) is 2.63. The lowest BCUT2D eigenvalue weighted by Crippen LogP contribution is -2.01. The molecule has 0 radical (unpaired) electrons. The van der Waals surface area contributed by atoms with Crippen molar-refractivity contribution in [3.8, 4) is 11.3 Å². The van der Waals surface area contributed by atoms with Gasteiger partial charge in [-0.2, -0.15) is 0 Å². The lowest BCUT2D eigenvalue weighted by atomic mass is 10.1. The third-order valence-electron chi connectivity index (χ3n) is 2.39. The molecule has 0 aliphatic rings. The van der Waals surface area contributed by atoms with Gasteiger partial charge in [-0.05, 0) is 6.42 Å². The number of hydrogen-bond donors (Lipinski definition) is 1. The van der Waals surface area contributed by atoms with Crippen molar-refractivity contribution in [1.29, 1.82) is 0 Å². The molecule has 0 fully saturated rings. The Morgan fingerprint density at radius 3 is 2.67 bits per heavy atom. The van der Waals surface area contributed by atoms with Gasteiger partial charge < -0.3 is 10.3 Å². The van der Waals surface area contributed by atoms with Crippen LogP contribution < -0.4 is 5.73 Å². The van der Waals surface area contributed by atoms with Crippen LogP contribution in [0.15, 0.2) is 36.7 Å². The van der Waals surface area contributed by atoms with Crippen LogP contribution in [0, 0.1) is 0 Å². The molecule has 1 aromatic heterocycles. The molecule has 0 saturated carbocycles. The molecule has 78 valence electrons. The van der Waals surface area contributed by atoms with E-state index in [0.717, 1.165) is 30.0 Å². The number of nitrogens with zero attached hydrogens (tertiary/aromatic N) is 2. The molecule has 0 aliphatic carbocycles. The molecule has 15 heavy (non-hydrogen) atoms. The first-order valence-corrected chi connectivity index (χ1v) is 5.19. The number of anilines is 1. The van der Waals surface area contributed by atoms with Gasteiger partial charge in [0, 0.05) is 12.1 Å². The summed E-state index contributed by atoms with van der Waals surface area (Å²) in [6.07, 6.45) is 2.87. The molecule has 2 N–H and O–H groups in total. The van der Waals surface area contributed by atoms with Crippen molar-refractivity contribution >= 4 is 5.82 Å². The van der Waals surface area contributed by atoms with E-state index in [0.29, 0.717) is 0 Å². The van der Waals surface area contributed by atoms with Crippen LogP contribution in [0.5, 0.6) is 0 Å². The number of hydrogen-bond acceptors (Lipinski definition) is 2. The summed E-state index contributed by atoms with van der Waals surface area (Å²) < 4.78 is 1.99. The monoisotopic (exact) mass is 201 g/mol. The standard InChI is InChI=1S/C12H15N3/c1-2-8-15-9-14-11(12(15)13)10-6-4-3-5-7-10/h3-7,9H,2,8,13H2,1H3. The van der Waals surface area contributed by atoms with Gasteiger partial charge in [0.2, 0.25) is 0 Å². The average molecular weight is 201 g/mol. The molecule has 2 rings (SSSR count). The van der Waals surface area contributed by atoms with E-state index in [4.69, 9.17) is 5.73 Å². The van der Waals surface area contributed by atoms with E-state index < -0.39 is 0 Å². The summed E-state index contributed by atoms with van der Waals surface area (Å²) in [6.45, 7) is 3.05. The fraction of sp³-hybridized carbons (Fsp3) is 0.250. The van der Waals surface area contributed by atoms with Gasteiger partial charge in [-0.1, -0.05) is 37.3 Å². The van der Waals surface area contributed by atoms with Crippen molar-refractivity contribution in [3.05, 3.63) is 36.7 Å². The van der Waals surface area contributed by atoms with E-state index in [1.807, 2.05) is 34.9 Å². The van der Waals surface area contributed by atoms with Crippen LogP contribution in [0.3, 0.4) is 0 Å². The first kappa shape index (κ1) is 9.77. The molecule has 0 amide bonds. The quantitative estimate of drug-likeness (QED) is 0.829. The van der Waals surface area contributed by atoms with E-state index in [1.54, 1.807) is 6.33 Å². The van der Waals surface area contributed by atoms with Crippen molar-refractivity contribution in [3.63, 3.8) is 0 Å². The van der Waals surface area contributed by atoms with Gasteiger partial charge in [0.15, 0.2) is 0 Å². The minimum atomic E-state index is 0.753. The molecule has 0 aliphatic heterocycles. The summed E-state index contributed by atoms with van der Waals surface area (Å²) in [7, 11) is 0. The van der Waals surface area contributed by atoms with Crippen LogP contribution in [-0.2, 0) is 6.54 Å². The third-order valence-corrected chi connectivity index (χ3v) is 2.39. The number of nitrogens with two attached hydrogens (primary N) is 1. The van der Waals surface area contributed by atoms with Gasteiger partial charge >= 0.3 is 0 Å². The first-order chi connectivity index (χ1) is 7.33. The second kappa shape index (κ2) is 4.17. The first-order valence-electron chi connectivity index (χ1n) is 5.19. The predicted octanol–water partition coefficient (Wildman–Crippen LogP) is 2.54. The maximum Gasteiger partial charge on any atom is 0.131 e. The Morgan fingerprint density at radius 1 is 1.27 bits per heavy atom. The number of rotatable bonds is 3. The second-order valence-corrected chi connectivity index (χ2v) is 3.54. The zero-order chi connectivity index (χ0) is 10.7. The maximum absolute atomic E-state index is 6.02. The molecular weight excluding hydrogens is 186 g/mol. The van der Waals surface area contributed by atoms with Gasteiger partial charge in [-0.15, -0.1) is 0 Å². The fourth-order valence-electron chi connectivity index (χ4n) is 1.63. The van der Waals surface area contributed by atoms with E-state index in [-0.39, 0.29) is 0 Å². The summed E-state index contributed by atoms with van der Waals surface area (Å²) in [5.74, 6) is 0.753.